The van der Waals surface area contributed by atoms with Gasteiger partial charge in [0, 0.05) is 11.4 Å². The quantitative estimate of drug-likeness (QED) is 0.432. The van der Waals surface area contributed by atoms with E-state index in [1.807, 2.05) is 0 Å². The summed E-state index contributed by atoms with van der Waals surface area (Å²) >= 11 is 2.85. The van der Waals surface area contributed by atoms with Gasteiger partial charge in [0.05, 0.1) is 17.2 Å². The van der Waals surface area contributed by atoms with Gasteiger partial charge in [-0.1, -0.05) is 37.1 Å². The zero-order valence-electron chi connectivity index (χ0n) is 16.3. The maximum Gasteiger partial charge on any atom is 0.263 e. The third kappa shape index (κ3) is 3.86. The lowest BCUT2D eigenvalue weighted by Crippen LogP contribution is -2.49. The smallest absolute Gasteiger partial charge is 0.263 e. The van der Waals surface area contributed by atoms with E-state index in [0.29, 0.717) is 24.5 Å². The molecule has 2 aliphatic rings. The molecule has 0 saturated heterocycles. The number of fused-ring (bicyclic) bond motifs is 3. The number of rotatable bonds is 6. The summed E-state index contributed by atoms with van der Waals surface area (Å²) in [5, 5.41) is 13.8. The molecular weight excluding hydrogens is 404 g/mol. The lowest BCUT2D eigenvalue weighted by molar-refractivity contribution is -0.120. The molecule has 1 amide bonds. The van der Waals surface area contributed by atoms with Gasteiger partial charge in [-0.25, -0.2) is 4.98 Å². The normalized spacial score (nSPS) is 17.6. The van der Waals surface area contributed by atoms with Gasteiger partial charge in [-0.2, -0.15) is 5.26 Å². The Morgan fingerprint density at radius 2 is 2.14 bits per heavy atom. The summed E-state index contributed by atoms with van der Waals surface area (Å²) in [5.74, 6) is -0.0597. The Balaban J connectivity index is 1.56. The zero-order chi connectivity index (χ0) is 20.4. The molecule has 2 heterocycles. The van der Waals surface area contributed by atoms with Gasteiger partial charge in [0.25, 0.3) is 5.56 Å². The van der Waals surface area contributed by atoms with Crippen molar-refractivity contribution in [3.05, 3.63) is 33.4 Å². The molecule has 0 atom stereocenters. The summed E-state index contributed by atoms with van der Waals surface area (Å²) in [6.45, 7) is 4.12. The van der Waals surface area contributed by atoms with Crippen molar-refractivity contribution in [3.63, 3.8) is 0 Å². The molecule has 0 aromatic carbocycles. The van der Waals surface area contributed by atoms with E-state index in [-0.39, 0.29) is 17.2 Å². The Hall–Kier alpha value is -2.11. The minimum absolute atomic E-state index is 0.0435. The number of nitrogens with zero attached hydrogens (tertiary/aromatic N) is 3. The van der Waals surface area contributed by atoms with Crippen molar-refractivity contribution < 1.29 is 4.79 Å². The van der Waals surface area contributed by atoms with Crippen molar-refractivity contribution >= 4 is 39.2 Å². The Morgan fingerprint density at radius 3 is 2.86 bits per heavy atom. The number of nitrogens with one attached hydrogen (secondary N) is 1. The van der Waals surface area contributed by atoms with Crippen molar-refractivity contribution in [3.8, 4) is 6.07 Å². The maximum atomic E-state index is 13.1. The summed E-state index contributed by atoms with van der Waals surface area (Å²) in [4.78, 5) is 32.5. The van der Waals surface area contributed by atoms with Crippen LogP contribution in [0.25, 0.3) is 10.2 Å². The van der Waals surface area contributed by atoms with E-state index in [4.69, 9.17) is 4.98 Å². The van der Waals surface area contributed by atoms with Crippen molar-refractivity contribution in [1.82, 2.24) is 14.9 Å². The average molecular weight is 429 g/mol. The van der Waals surface area contributed by atoms with Crippen LogP contribution in [-0.4, -0.2) is 26.8 Å². The summed E-state index contributed by atoms with van der Waals surface area (Å²) < 4.78 is 1.61. The van der Waals surface area contributed by atoms with Gasteiger partial charge < -0.3 is 5.32 Å². The molecule has 6 nitrogen and oxygen atoms in total. The zero-order valence-corrected chi connectivity index (χ0v) is 18.0. The Kier molecular flexibility index (Phi) is 5.79. The highest BCUT2D eigenvalue weighted by Gasteiger charge is 2.33. The van der Waals surface area contributed by atoms with E-state index >= 15 is 0 Å². The van der Waals surface area contributed by atoms with Crippen LogP contribution in [-0.2, 0) is 24.2 Å². The number of carbonyl (C=O) groups is 1. The molecule has 4 rings (SSSR count). The van der Waals surface area contributed by atoms with Crippen LogP contribution < -0.4 is 10.9 Å². The Bertz CT molecular complexity index is 1060. The van der Waals surface area contributed by atoms with Crippen LogP contribution >= 0.6 is 23.1 Å². The first kappa shape index (κ1) is 20.2. The summed E-state index contributed by atoms with van der Waals surface area (Å²) in [6.07, 6.45) is 9.15. The number of aryl methyl sites for hydroxylation is 2. The van der Waals surface area contributed by atoms with Crippen LogP contribution in [0, 0.1) is 11.3 Å². The molecule has 1 fully saturated rings. The molecule has 2 aromatic rings. The molecule has 0 radical (unpaired) electrons. The highest BCUT2D eigenvalue weighted by molar-refractivity contribution is 7.99. The van der Waals surface area contributed by atoms with Crippen molar-refractivity contribution in [1.29, 1.82) is 5.26 Å². The van der Waals surface area contributed by atoms with Crippen LogP contribution in [0.1, 0.15) is 49.0 Å². The van der Waals surface area contributed by atoms with Crippen LogP contribution in [0.4, 0.5) is 0 Å². The fourth-order valence-corrected chi connectivity index (χ4v) is 6.42. The summed E-state index contributed by atoms with van der Waals surface area (Å²) in [7, 11) is 0. The first-order chi connectivity index (χ1) is 14.1. The number of aromatic nitrogens is 2. The van der Waals surface area contributed by atoms with Gasteiger partial charge in [-0.15, -0.1) is 17.9 Å². The number of hydrogen-bond donors (Lipinski definition) is 1. The van der Waals surface area contributed by atoms with Crippen LogP contribution in [0.5, 0.6) is 0 Å². The number of amides is 1. The van der Waals surface area contributed by atoms with Gasteiger partial charge in [-0.3, -0.25) is 14.2 Å². The van der Waals surface area contributed by atoms with Crippen molar-refractivity contribution in [2.45, 2.75) is 68.6 Å². The van der Waals surface area contributed by atoms with Gasteiger partial charge in [0.15, 0.2) is 5.16 Å². The predicted octanol–water partition coefficient (Wildman–Crippen LogP) is 3.57. The molecule has 0 bridgehead atoms. The maximum absolute atomic E-state index is 13.1. The Labute approximate surface area is 178 Å². The molecule has 8 heteroatoms. The summed E-state index contributed by atoms with van der Waals surface area (Å²) in [6, 6.07) is 2.31. The van der Waals surface area contributed by atoms with Gasteiger partial charge in [-0.05, 0) is 37.7 Å². The van der Waals surface area contributed by atoms with Crippen LogP contribution in [0.3, 0.4) is 0 Å². The second kappa shape index (κ2) is 8.33. The number of thiophene rings is 1. The highest BCUT2D eigenvalue weighted by atomic mass is 32.2. The monoisotopic (exact) mass is 428 g/mol. The van der Waals surface area contributed by atoms with E-state index in [0.717, 1.165) is 54.3 Å². The third-order valence-corrected chi connectivity index (χ3v) is 7.90. The molecule has 1 N–H and O–H groups in total. The standard InChI is InChI=1S/C21H24N4O2S2/c1-2-11-25-19(27)17-14-7-6-8-15(14)29-18(17)23-20(25)28-12-16(26)24-21(13-22)9-4-3-5-10-21/h2H,1,3-12H2,(H,24,26). The molecular formula is C21H24N4O2S2. The third-order valence-electron chi connectivity index (χ3n) is 5.73. The number of allylic oxidation sites excluding steroid dienone is 1. The second-order valence-electron chi connectivity index (χ2n) is 7.73. The van der Waals surface area contributed by atoms with E-state index in [2.05, 4.69) is 18.0 Å². The minimum Gasteiger partial charge on any atom is -0.337 e. The van der Waals surface area contributed by atoms with Gasteiger partial charge >= 0.3 is 0 Å². The topological polar surface area (TPSA) is 87.8 Å². The lowest BCUT2D eigenvalue weighted by atomic mass is 9.83. The van der Waals surface area contributed by atoms with Crippen molar-refractivity contribution in [2.75, 3.05) is 5.75 Å². The molecule has 2 aliphatic carbocycles. The van der Waals surface area contributed by atoms with Crippen LogP contribution in [0.15, 0.2) is 22.6 Å². The van der Waals surface area contributed by atoms with Crippen molar-refractivity contribution in [2.24, 2.45) is 0 Å². The number of carbonyl (C=O) groups excluding carboxylic acids is 1. The molecule has 152 valence electrons. The van der Waals surface area contributed by atoms with Gasteiger partial charge in [0.2, 0.25) is 5.91 Å². The highest BCUT2D eigenvalue weighted by Crippen LogP contribution is 2.35. The molecule has 1 saturated carbocycles. The summed E-state index contributed by atoms with van der Waals surface area (Å²) in [5.41, 5.74) is 0.364. The van der Waals surface area contributed by atoms with E-state index in [9.17, 15) is 14.9 Å². The number of nitriles is 1. The molecule has 0 aliphatic heterocycles. The van der Waals surface area contributed by atoms with E-state index < -0.39 is 5.54 Å². The van der Waals surface area contributed by atoms with E-state index in [1.54, 1.807) is 22.0 Å². The minimum atomic E-state index is -0.747. The molecule has 0 unspecified atom stereocenters. The fraction of sp³-hybridized carbons (Fsp3) is 0.524. The lowest BCUT2D eigenvalue weighted by Gasteiger charge is -2.31. The first-order valence-corrected chi connectivity index (χ1v) is 11.9. The van der Waals surface area contributed by atoms with Gasteiger partial charge in [0.1, 0.15) is 10.4 Å². The largest absolute Gasteiger partial charge is 0.337 e. The van der Waals surface area contributed by atoms with E-state index in [1.165, 1.54) is 16.6 Å². The SMILES string of the molecule is C=CCn1c(SCC(=O)NC2(C#N)CCCCC2)nc2sc3c(c2c1=O)CCC3. The Morgan fingerprint density at radius 1 is 1.34 bits per heavy atom. The number of thioether (sulfide) groups is 1. The van der Waals surface area contributed by atoms with Crippen LogP contribution in [0.2, 0.25) is 0 Å². The molecule has 29 heavy (non-hydrogen) atoms. The predicted molar refractivity (Wildman–Crippen MR) is 116 cm³/mol. The second-order valence-corrected chi connectivity index (χ2v) is 9.75. The average Bonchev–Trinajstić information content (AvgIpc) is 3.30. The molecule has 2 aromatic heterocycles. The molecule has 0 spiro atoms. The first-order valence-electron chi connectivity index (χ1n) is 10.1. The fourth-order valence-electron chi connectivity index (χ4n) is 4.31. The number of hydrogen-bond acceptors (Lipinski definition) is 6.